The number of urea groups is 1. The maximum absolute atomic E-state index is 13.3. The normalized spacial score (nSPS) is 22.9. The van der Waals surface area contributed by atoms with Crippen molar-refractivity contribution in [2.24, 2.45) is 0 Å². The highest BCUT2D eigenvalue weighted by atomic mass is 16.5. The SMILES string of the molecule is COc1ccc(C(=O)N2CCN(CN3C(=O)NC4(CCc5ccccc5C4)C3=O)CC2)cc1. The van der Waals surface area contributed by atoms with Crippen LogP contribution in [0.3, 0.4) is 0 Å². The molecule has 5 rings (SSSR count). The number of piperazine rings is 1. The molecular weight excluding hydrogens is 420 g/mol. The third-order valence-corrected chi connectivity index (χ3v) is 7.02. The molecular formula is C25H28N4O4. The van der Waals surface area contributed by atoms with E-state index >= 15 is 0 Å². The van der Waals surface area contributed by atoms with Crippen LogP contribution in [0, 0.1) is 0 Å². The summed E-state index contributed by atoms with van der Waals surface area (Å²) in [5.41, 5.74) is 2.17. The molecule has 1 unspecified atom stereocenters. The topological polar surface area (TPSA) is 82.2 Å². The van der Waals surface area contributed by atoms with E-state index in [4.69, 9.17) is 4.74 Å². The summed E-state index contributed by atoms with van der Waals surface area (Å²) in [6.45, 7) is 2.56. The molecule has 1 N–H and O–H groups in total. The molecule has 8 nitrogen and oxygen atoms in total. The van der Waals surface area contributed by atoms with Crippen LogP contribution in [-0.2, 0) is 17.6 Å². The van der Waals surface area contributed by atoms with E-state index in [9.17, 15) is 14.4 Å². The third-order valence-electron chi connectivity index (χ3n) is 7.02. The maximum Gasteiger partial charge on any atom is 0.326 e. The van der Waals surface area contributed by atoms with Crippen molar-refractivity contribution >= 4 is 17.8 Å². The molecule has 1 atom stereocenters. The number of fused-ring (bicyclic) bond motifs is 1. The number of methoxy groups -OCH3 is 1. The van der Waals surface area contributed by atoms with E-state index in [1.807, 2.05) is 23.1 Å². The number of benzene rings is 2. The summed E-state index contributed by atoms with van der Waals surface area (Å²) in [4.78, 5) is 44.1. The number of amides is 4. The van der Waals surface area contributed by atoms with E-state index in [-0.39, 0.29) is 24.5 Å². The molecule has 2 heterocycles. The summed E-state index contributed by atoms with van der Waals surface area (Å²) in [6, 6.07) is 14.9. The van der Waals surface area contributed by atoms with Crippen molar-refractivity contribution in [1.29, 1.82) is 0 Å². The second-order valence-electron chi connectivity index (χ2n) is 8.97. The number of nitrogens with one attached hydrogen (secondary N) is 1. The van der Waals surface area contributed by atoms with Crippen molar-refractivity contribution in [3.63, 3.8) is 0 Å². The van der Waals surface area contributed by atoms with Gasteiger partial charge in [0.2, 0.25) is 0 Å². The standard InChI is InChI=1S/C25H28N4O4/c1-33-21-8-6-19(7-9-21)22(30)28-14-12-27(13-15-28)17-29-23(31)25(26-24(29)32)11-10-18-4-2-3-5-20(18)16-25/h2-9H,10-17H2,1H3,(H,26,32). The molecule has 1 spiro atoms. The molecule has 3 aliphatic rings. The van der Waals surface area contributed by atoms with E-state index in [0.29, 0.717) is 50.3 Å². The summed E-state index contributed by atoms with van der Waals surface area (Å²) in [5, 5.41) is 2.99. The molecule has 2 fully saturated rings. The van der Waals surface area contributed by atoms with Crippen LogP contribution in [0.1, 0.15) is 27.9 Å². The number of hydrogen-bond donors (Lipinski definition) is 1. The van der Waals surface area contributed by atoms with Gasteiger partial charge in [-0.3, -0.25) is 14.5 Å². The summed E-state index contributed by atoms with van der Waals surface area (Å²) in [5.74, 6) is 0.551. The molecule has 4 amide bonds. The molecule has 0 radical (unpaired) electrons. The summed E-state index contributed by atoms with van der Waals surface area (Å²) < 4.78 is 5.15. The van der Waals surface area contributed by atoms with Crippen LogP contribution in [-0.4, -0.2) is 78.0 Å². The number of carbonyl (C=O) groups is 3. The average molecular weight is 449 g/mol. The molecule has 2 aliphatic heterocycles. The summed E-state index contributed by atoms with van der Waals surface area (Å²) in [6.07, 6.45) is 1.94. The second kappa shape index (κ2) is 8.51. The van der Waals surface area contributed by atoms with Gasteiger partial charge >= 0.3 is 6.03 Å². The lowest BCUT2D eigenvalue weighted by atomic mass is 9.78. The van der Waals surface area contributed by atoms with Gasteiger partial charge in [0, 0.05) is 38.2 Å². The lowest BCUT2D eigenvalue weighted by molar-refractivity contribution is -0.133. The van der Waals surface area contributed by atoms with Crippen LogP contribution < -0.4 is 10.1 Å². The molecule has 0 saturated carbocycles. The fraction of sp³-hybridized carbons (Fsp3) is 0.400. The lowest BCUT2D eigenvalue weighted by Crippen LogP contribution is -2.54. The zero-order chi connectivity index (χ0) is 23.0. The maximum atomic E-state index is 13.3. The fourth-order valence-electron chi connectivity index (χ4n) is 5.04. The smallest absolute Gasteiger partial charge is 0.326 e. The van der Waals surface area contributed by atoms with Gasteiger partial charge in [-0.25, -0.2) is 9.69 Å². The van der Waals surface area contributed by atoms with Gasteiger partial charge in [-0.2, -0.15) is 0 Å². The number of ether oxygens (including phenoxy) is 1. The van der Waals surface area contributed by atoms with Gasteiger partial charge in [-0.1, -0.05) is 24.3 Å². The van der Waals surface area contributed by atoms with Crippen molar-refractivity contribution < 1.29 is 19.1 Å². The van der Waals surface area contributed by atoms with E-state index in [1.54, 1.807) is 31.4 Å². The lowest BCUT2D eigenvalue weighted by Gasteiger charge is -2.36. The Morgan fingerprint density at radius 2 is 1.70 bits per heavy atom. The van der Waals surface area contributed by atoms with Gasteiger partial charge in [0.05, 0.1) is 13.8 Å². The minimum absolute atomic E-state index is 0.0212. The van der Waals surface area contributed by atoms with E-state index in [0.717, 1.165) is 12.0 Å². The monoisotopic (exact) mass is 448 g/mol. The van der Waals surface area contributed by atoms with E-state index in [2.05, 4.69) is 16.3 Å². The van der Waals surface area contributed by atoms with E-state index in [1.165, 1.54) is 10.5 Å². The zero-order valence-electron chi connectivity index (χ0n) is 18.8. The first-order valence-corrected chi connectivity index (χ1v) is 11.4. The van der Waals surface area contributed by atoms with Crippen LogP contribution in [0.4, 0.5) is 4.79 Å². The number of nitrogens with zero attached hydrogens (tertiary/aromatic N) is 3. The van der Waals surface area contributed by atoms with Crippen molar-refractivity contribution in [1.82, 2.24) is 20.0 Å². The average Bonchev–Trinajstić information content (AvgIpc) is 3.07. The van der Waals surface area contributed by atoms with Crippen molar-refractivity contribution in [2.45, 2.75) is 24.8 Å². The van der Waals surface area contributed by atoms with Crippen LogP contribution >= 0.6 is 0 Å². The third kappa shape index (κ3) is 3.95. The predicted molar refractivity (Wildman–Crippen MR) is 122 cm³/mol. The Bertz CT molecular complexity index is 1080. The number of carbonyl (C=O) groups excluding carboxylic acids is 3. The molecule has 2 saturated heterocycles. The summed E-state index contributed by atoms with van der Waals surface area (Å²) in [7, 11) is 1.59. The quantitative estimate of drug-likeness (QED) is 0.723. The van der Waals surface area contributed by atoms with Gasteiger partial charge in [-0.05, 0) is 48.2 Å². The van der Waals surface area contributed by atoms with Gasteiger partial charge in [-0.15, -0.1) is 0 Å². The first-order valence-electron chi connectivity index (χ1n) is 11.4. The Morgan fingerprint density at radius 3 is 2.39 bits per heavy atom. The molecule has 2 aromatic carbocycles. The number of imide groups is 1. The van der Waals surface area contributed by atoms with Crippen LogP contribution in [0.15, 0.2) is 48.5 Å². The highest BCUT2D eigenvalue weighted by Crippen LogP contribution is 2.33. The Balaban J connectivity index is 1.19. The minimum Gasteiger partial charge on any atom is -0.497 e. The first-order chi connectivity index (χ1) is 16.0. The van der Waals surface area contributed by atoms with Crippen LogP contribution in [0.5, 0.6) is 5.75 Å². The van der Waals surface area contributed by atoms with Crippen LogP contribution in [0.2, 0.25) is 0 Å². The van der Waals surface area contributed by atoms with Crippen molar-refractivity contribution in [2.75, 3.05) is 40.0 Å². The van der Waals surface area contributed by atoms with Crippen LogP contribution in [0.25, 0.3) is 0 Å². The highest BCUT2D eigenvalue weighted by molar-refractivity contribution is 6.07. The Hall–Kier alpha value is -3.39. The molecule has 1 aliphatic carbocycles. The van der Waals surface area contributed by atoms with Gasteiger partial charge < -0.3 is 15.0 Å². The molecule has 172 valence electrons. The summed E-state index contributed by atoms with van der Waals surface area (Å²) >= 11 is 0. The molecule has 2 aromatic rings. The highest BCUT2D eigenvalue weighted by Gasteiger charge is 2.52. The largest absolute Gasteiger partial charge is 0.497 e. The molecule has 33 heavy (non-hydrogen) atoms. The number of aryl methyl sites for hydroxylation is 1. The number of hydrogen-bond acceptors (Lipinski definition) is 5. The van der Waals surface area contributed by atoms with Gasteiger partial charge in [0.1, 0.15) is 11.3 Å². The Kier molecular flexibility index (Phi) is 5.54. The Labute approximate surface area is 193 Å². The molecule has 0 bridgehead atoms. The fourth-order valence-corrected chi connectivity index (χ4v) is 5.04. The van der Waals surface area contributed by atoms with Crippen molar-refractivity contribution in [3.8, 4) is 5.75 Å². The van der Waals surface area contributed by atoms with E-state index < -0.39 is 5.54 Å². The number of rotatable bonds is 4. The van der Waals surface area contributed by atoms with Crippen molar-refractivity contribution in [3.05, 3.63) is 65.2 Å². The second-order valence-corrected chi connectivity index (χ2v) is 8.97. The Morgan fingerprint density at radius 1 is 1.00 bits per heavy atom. The molecule has 8 heteroatoms. The minimum atomic E-state index is -0.836. The van der Waals surface area contributed by atoms with Gasteiger partial charge in [0.25, 0.3) is 11.8 Å². The van der Waals surface area contributed by atoms with Gasteiger partial charge in [0.15, 0.2) is 0 Å². The molecule has 0 aromatic heterocycles. The zero-order valence-corrected chi connectivity index (χ0v) is 18.8. The first kappa shape index (κ1) is 21.5. The predicted octanol–water partition coefficient (Wildman–Crippen LogP) is 1.89.